The van der Waals surface area contributed by atoms with E-state index in [2.05, 4.69) is 4.98 Å². The molecule has 0 N–H and O–H groups in total. The number of ether oxygens (including phenoxy) is 1. The van der Waals surface area contributed by atoms with Gasteiger partial charge in [-0.2, -0.15) is 0 Å². The summed E-state index contributed by atoms with van der Waals surface area (Å²) >= 11 is 0. The first-order chi connectivity index (χ1) is 14.2. The molecule has 0 amide bonds. The van der Waals surface area contributed by atoms with E-state index in [4.69, 9.17) is 4.74 Å². The van der Waals surface area contributed by atoms with Crippen molar-refractivity contribution in [1.82, 2.24) is 9.38 Å². The molecule has 0 atom stereocenters. The van der Waals surface area contributed by atoms with Crippen molar-refractivity contribution in [2.24, 2.45) is 0 Å². The Morgan fingerprint density at radius 1 is 1.20 bits per heavy atom. The number of Topliss-reactive ketones (excluding diaryl/α,β-unsaturated/α-hetero) is 1. The minimum atomic E-state index is -3.37. The van der Waals surface area contributed by atoms with E-state index < -0.39 is 22.6 Å². The molecule has 0 aliphatic carbocycles. The predicted molar refractivity (Wildman–Crippen MR) is 111 cm³/mol. The van der Waals surface area contributed by atoms with Crippen molar-refractivity contribution >= 4 is 33.1 Å². The van der Waals surface area contributed by atoms with Crippen LogP contribution in [0.3, 0.4) is 0 Å². The number of aromatic nitrogens is 2. The van der Waals surface area contributed by atoms with Crippen molar-refractivity contribution in [2.45, 2.75) is 19.8 Å². The van der Waals surface area contributed by atoms with Gasteiger partial charge in [0.1, 0.15) is 5.65 Å². The fourth-order valence-corrected chi connectivity index (χ4v) is 4.61. The molecule has 0 radical (unpaired) electrons. The predicted octanol–water partition coefficient (Wildman–Crippen LogP) is 2.39. The third-order valence-electron chi connectivity index (χ3n) is 5.12. The van der Waals surface area contributed by atoms with Crippen LogP contribution in [-0.4, -0.2) is 49.0 Å². The summed E-state index contributed by atoms with van der Waals surface area (Å²) in [5.41, 5.74) is 3.44. The number of hydrogen-bond acceptors (Lipinski definition) is 6. The molecular weight excluding hydrogens is 406 g/mol. The van der Waals surface area contributed by atoms with Crippen molar-refractivity contribution < 1.29 is 22.7 Å². The molecule has 0 bridgehead atoms. The van der Waals surface area contributed by atoms with Crippen molar-refractivity contribution in [3.05, 3.63) is 65.1 Å². The molecule has 8 nitrogen and oxygen atoms in total. The number of imidazole rings is 1. The summed E-state index contributed by atoms with van der Waals surface area (Å²) in [6.45, 7) is 1.91. The van der Waals surface area contributed by atoms with E-state index in [1.54, 1.807) is 34.9 Å². The lowest BCUT2D eigenvalue weighted by Crippen LogP contribution is -2.34. The Labute approximate surface area is 174 Å². The summed E-state index contributed by atoms with van der Waals surface area (Å²) in [6.07, 6.45) is 4.11. The molecule has 0 fully saturated rings. The van der Waals surface area contributed by atoms with Gasteiger partial charge >= 0.3 is 5.97 Å². The van der Waals surface area contributed by atoms with E-state index in [0.29, 0.717) is 36.3 Å². The maximum absolute atomic E-state index is 12.5. The van der Waals surface area contributed by atoms with Gasteiger partial charge in [-0.3, -0.25) is 9.10 Å². The Bertz CT molecular complexity index is 1260. The van der Waals surface area contributed by atoms with Crippen molar-refractivity contribution in [3.8, 4) is 0 Å². The first kappa shape index (κ1) is 20.1. The molecule has 2 aromatic heterocycles. The number of sulfonamides is 1. The van der Waals surface area contributed by atoms with Crippen LogP contribution in [0.5, 0.6) is 0 Å². The largest absolute Gasteiger partial charge is 0.453 e. The molecule has 0 saturated heterocycles. The van der Waals surface area contributed by atoms with E-state index in [1.807, 2.05) is 19.1 Å². The van der Waals surface area contributed by atoms with Crippen LogP contribution in [0.1, 0.15) is 38.5 Å². The van der Waals surface area contributed by atoms with Crippen LogP contribution < -0.4 is 4.31 Å². The molecule has 0 spiro atoms. The zero-order valence-electron chi connectivity index (χ0n) is 16.7. The summed E-state index contributed by atoms with van der Waals surface area (Å²) in [5.74, 6) is -1.03. The molecule has 1 aliphatic rings. The number of ketones is 1. The Kier molecular flexibility index (Phi) is 5.07. The number of benzene rings is 1. The minimum absolute atomic E-state index is 0.131. The van der Waals surface area contributed by atoms with Crippen LogP contribution in [0.4, 0.5) is 5.69 Å². The summed E-state index contributed by atoms with van der Waals surface area (Å²) < 4.78 is 32.2. The average molecular weight is 427 g/mol. The monoisotopic (exact) mass is 427 g/mol. The molecule has 3 aromatic rings. The van der Waals surface area contributed by atoms with E-state index in [-0.39, 0.29) is 11.5 Å². The number of esters is 1. The number of hydrogen-bond donors (Lipinski definition) is 0. The first-order valence-electron chi connectivity index (χ1n) is 9.50. The molecule has 30 heavy (non-hydrogen) atoms. The van der Waals surface area contributed by atoms with Crippen molar-refractivity contribution in [2.75, 3.05) is 23.7 Å². The van der Waals surface area contributed by atoms with Gasteiger partial charge in [-0.05, 0) is 55.7 Å². The van der Waals surface area contributed by atoms with Gasteiger partial charge in [0.05, 0.1) is 11.9 Å². The van der Waals surface area contributed by atoms with E-state index in [9.17, 15) is 18.0 Å². The van der Waals surface area contributed by atoms with E-state index in [1.165, 1.54) is 10.6 Å². The number of aryl methyl sites for hydroxylation is 2. The second kappa shape index (κ2) is 7.56. The summed E-state index contributed by atoms with van der Waals surface area (Å²) in [4.78, 5) is 29.1. The lowest BCUT2D eigenvalue weighted by molar-refractivity contribution is 0.0469. The normalized spacial score (nSPS) is 13.9. The summed E-state index contributed by atoms with van der Waals surface area (Å²) in [7, 11) is -3.37. The molecule has 156 valence electrons. The number of carbonyl (C=O) groups excluding carboxylic acids is 2. The molecule has 9 heteroatoms. The van der Waals surface area contributed by atoms with Crippen LogP contribution in [0.15, 0.2) is 42.6 Å². The highest BCUT2D eigenvalue weighted by atomic mass is 32.2. The maximum Gasteiger partial charge on any atom is 0.359 e. The minimum Gasteiger partial charge on any atom is -0.453 e. The van der Waals surface area contributed by atoms with Gasteiger partial charge in [-0.1, -0.05) is 6.07 Å². The van der Waals surface area contributed by atoms with Gasteiger partial charge in [0.2, 0.25) is 10.0 Å². The van der Waals surface area contributed by atoms with Crippen LogP contribution in [-0.2, 0) is 21.2 Å². The maximum atomic E-state index is 12.5. The smallest absolute Gasteiger partial charge is 0.359 e. The fraction of sp³-hybridized carbons (Fsp3) is 0.286. The molecule has 0 unspecified atom stereocenters. The van der Waals surface area contributed by atoms with Crippen LogP contribution in [0.2, 0.25) is 0 Å². The van der Waals surface area contributed by atoms with Crippen LogP contribution >= 0.6 is 0 Å². The highest BCUT2D eigenvalue weighted by Crippen LogP contribution is 2.30. The molecule has 4 rings (SSSR count). The number of pyridine rings is 1. The Hall–Kier alpha value is -3.20. The molecule has 1 aromatic carbocycles. The lowest BCUT2D eigenvalue weighted by Gasteiger charge is -2.29. The molecular formula is C21H21N3O5S. The van der Waals surface area contributed by atoms with Gasteiger partial charge in [0, 0.05) is 24.0 Å². The van der Waals surface area contributed by atoms with Gasteiger partial charge in [-0.25, -0.2) is 18.2 Å². The average Bonchev–Trinajstić information content (AvgIpc) is 3.16. The lowest BCUT2D eigenvalue weighted by atomic mass is 9.99. The number of carbonyl (C=O) groups is 2. The second-order valence-electron chi connectivity index (χ2n) is 7.30. The highest BCUT2D eigenvalue weighted by molar-refractivity contribution is 7.92. The Morgan fingerprint density at radius 3 is 2.73 bits per heavy atom. The SMILES string of the molecule is Cc1cccc2nc(C(=O)OCC(=O)c3ccc4c(c3)CCCN4S(C)(=O)=O)cn12. The Balaban J connectivity index is 1.47. The van der Waals surface area contributed by atoms with Gasteiger partial charge in [0.25, 0.3) is 0 Å². The topological polar surface area (TPSA) is 98.0 Å². The van der Waals surface area contributed by atoms with E-state index in [0.717, 1.165) is 11.3 Å². The first-order valence-corrected chi connectivity index (χ1v) is 11.3. The standard InChI is InChI=1S/C21H21N3O5S/c1-14-5-3-7-20-22-17(12-23(14)20)21(26)29-13-19(25)16-8-9-18-15(11-16)6-4-10-24(18)30(2,27)28/h3,5,7-9,11-12H,4,6,10,13H2,1-2H3. The van der Waals surface area contributed by atoms with Crippen molar-refractivity contribution in [1.29, 1.82) is 0 Å². The molecule has 0 saturated carbocycles. The number of nitrogens with zero attached hydrogens (tertiary/aromatic N) is 3. The summed E-state index contributed by atoms with van der Waals surface area (Å²) in [5, 5.41) is 0. The zero-order chi connectivity index (χ0) is 21.5. The van der Waals surface area contributed by atoms with Crippen LogP contribution in [0, 0.1) is 6.92 Å². The second-order valence-corrected chi connectivity index (χ2v) is 9.21. The van der Waals surface area contributed by atoms with Crippen molar-refractivity contribution in [3.63, 3.8) is 0 Å². The van der Waals surface area contributed by atoms with E-state index >= 15 is 0 Å². The third kappa shape index (κ3) is 3.80. The number of rotatable bonds is 5. The number of anilines is 1. The summed E-state index contributed by atoms with van der Waals surface area (Å²) in [6, 6.07) is 10.4. The van der Waals surface area contributed by atoms with Gasteiger partial charge in [0.15, 0.2) is 18.1 Å². The number of fused-ring (bicyclic) bond motifs is 2. The van der Waals surface area contributed by atoms with Gasteiger partial charge in [-0.15, -0.1) is 0 Å². The van der Waals surface area contributed by atoms with Crippen LogP contribution in [0.25, 0.3) is 5.65 Å². The fourth-order valence-electron chi connectivity index (χ4n) is 3.62. The molecule has 3 heterocycles. The Morgan fingerprint density at radius 2 is 2.00 bits per heavy atom. The highest BCUT2D eigenvalue weighted by Gasteiger charge is 2.25. The van der Waals surface area contributed by atoms with Gasteiger partial charge < -0.3 is 9.14 Å². The quantitative estimate of drug-likeness (QED) is 0.458. The third-order valence-corrected chi connectivity index (χ3v) is 6.30. The zero-order valence-corrected chi connectivity index (χ0v) is 17.5. The molecule has 1 aliphatic heterocycles.